The Labute approximate surface area is 194 Å². The Bertz CT molecular complexity index is 976. The van der Waals surface area contributed by atoms with E-state index in [4.69, 9.17) is 9.57 Å². The molecule has 2 aliphatic rings. The highest BCUT2D eigenvalue weighted by Crippen LogP contribution is 2.32. The largest absolute Gasteiger partial charge is 0.482 e. The molecule has 0 saturated carbocycles. The van der Waals surface area contributed by atoms with Crippen LogP contribution < -0.4 is 9.64 Å². The van der Waals surface area contributed by atoms with E-state index < -0.39 is 18.6 Å². The quantitative estimate of drug-likeness (QED) is 0.497. The predicted molar refractivity (Wildman–Crippen MR) is 117 cm³/mol. The second-order valence-electron chi connectivity index (χ2n) is 8.27. The lowest BCUT2D eigenvalue weighted by Gasteiger charge is -2.37. The van der Waals surface area contributed by atoms with E-state index in [1.807, 2.05) is 16.0 Å². The van der Waals surface area contributed by atoms with Crippen molar-refractivity contribution >= 4 is 5.69 Å². The Morgan fingerprint density at radius 3 is 2.32 bits per heavy atom. The molecule has 0 amide bonds. The molecule has 0 bridgehead atoms. The molecule has 1 unspecified atom stereocenters. The van der Waals surface area contributed by atoms with Crippen LogP contribution in [0.3, 0.4) is 0 Å². The fourth-order valence-corrected chi connectivity index (χ4v) is 4.17. The fraction of sp³-hybridized carbons (Fsp3) is 0.417. The van der Waals surface area contributed by atoms with E-state index in [2.05, 4.69) is 4.90 Å². The maximum absolute atomic E-state index is 13.6. The van der Waals surface area contributed by atoms with Crippen LogP contribution in [0.4, 0.5) is 27.6 Å². The molecular formula is C24H26F5N3O2. The van der Waals surface area contributed by atoms with Crippen LogP contribution in [0, 0.1) is 11.6 Å². The van der Waals surface area contributed by atoms with Crippen molar-refractivity contribution in [2.45, 2.75) is 18.6 Å². The van der Waals surface area contributed by atoms with E-state index in [0.29, 0.717) is 25.3 Å². The van der Waals surface area contributed by atoms with Crippen LogP contribution in [0.1, 0.15) is 18.0 Å². The third-order valence-electron chi connectivity index (χ3n) is 5.86. The molecule has 2 aliphatic heterocycles. The second-order valence-corrected chi connectivity index (χ2v) is 8.27. The standard InChI is InChI=1S/C24H26F5N3O2/c25-19-4-2-18(3-5-19)21-8-15-34-32(21)10-1-9-30-11-13-31(14-12-30)22-7-6-20(26)16-23(22)33-17-24(27,28)29/h2-8,15-16,21H,1,9-14,17H2. The van der Waals surface area contributed by atoms with Crippen molar-refractivity contribution < 1.29 is 31.5 Å². The summed E-state index contributed by atoms with van der Waals surface area (Å²) in [5.74, 6) is -1.02. The fourth-order valence-electron chi connectivity index (χ4n) is 4.17. The van der Waals surface area contributed by atoms with Gasteiger partial charge >= 0.3 is 6.18 Å². The molecule has 4 rings (SSSR count). The molecule has 0 radical (unpaired) electrons. The van der Waals surface area contributed by atoms with Gasteiger partial charge in [0.2, 0.25) is 0 Å². The SMILES string of the molecule is Fc1ccc(C2C=CON2CCCN2CCN(c3ccc(F)cc3OCC(F)(F)F)CC2)cc1. The predicted octanol–water partition coefficient (Wildman–Crippen LogP) is 4.92. The van der Waals surface area contributed by atoms with Gasteiger partial charge in [0.25, 0.3) is 0 Å². The maximum Gasteiger partial charge on any atom is 0.422 e. The highest BCUT2D eigenvalue weighted by Gasteiger charge is 2.30. The first-order valence-corrected chi connectivity index (χ1v) is 11.1. The minimum absolute atomic E-state index is 0.0638. The van der Waals surface area contributed by atoms with Gasteiger partial charge in [0, 0.05) is 38.8 Å². The highest BCUT2D eigenvalue weighted by atomic mass is 19.4. The average molecular weight is 483 g/mol. The van der Waals surface area contributed by atoms with Gasteiger partial charge in [-0.15, -0.1) is 5.06 Å². The number of piperazine rings is 1. The van der Waals surface area contributed by atoms with Crippen molar-refractivity contribution in [3.8, 4) is 5.75 Å². The number of anilines is 1. The minimum Gasteiger partial charge on any atom is -0.482 e. The average Bonchev–Trinajstić information content (AvgIpc) is 3.27. The van der Waals surface area contributed by atoms with Gasteiger partial charge in [0.1, 0.15) is 23.6 Å². The molecule has 0 aromatic heterocycles. The number of hydroxylamine groups is 2. The molecule has 0 N–H and O–H groups in total. The van der Waals surface area contributed by atoms with Crippen molar-refractivity contribution in [2.24, 2.45) is 0 Å². The Kier molecular flexibility index (Phi) is 7.57. The maximum atomic E-state index is 13.6. The molecule has 2 aromatic rings. The topological polar surface area (TPSA) is 28.2 Å². The summed E-state index contributed by atoms with van der Waals surface area (Å²) < 4.78 is 69.4. The number of benzene rings is 2. The number of halogens is 5. The Hall–Kier alpha value is -2.85. The van der Waals surface area contributed by atoms with E-state index >= 15 is 0 Å². The van der Waals surface area contributed by atoms with Gasteiger partial charge < -0.3 is 14.5 Å². The van der Waals surface area contributed by atoms with Gasteiger partial charge in [0.05, 0.1) is 11.7 Å². The Morgan fingerprint density at radius 2 is 1.62 bits per heavy atom. The summed E-state index contributed by atoms with van der Waals surface area (Å²) in [4.78, 5) is 9.78. The Morgan fingerprint density at radius 1 is 0.912 bits per heavy atom. The molecule has 2 aromatic carbocycles. The van der Waals surface area contributed by atoms with Crippen LogP contribution in [0.5, 0.6) is 5.75 Å². The summed E-state index contributed by atoms with van der Waals surface area (Å²) in [6, 6.07) is 9.97. The second kappa shape index (κ2) is 10.6. The summed E-state index contributed by atoms with van der Waals surface area (Å²) >= 11 is 0. The van der Waals surface area contributed by atoms with Gasteiger partial charge in [-0.3, -0.25) is 4.90 Å². The third-order valence-corrected chi connectivity index (χ3v) is 5.86. The third kappa shape index (κ3) is 6.38. The van der Waals surface area contributed by atoms with Crippen molar-refractivity contribution in [2.75, 3.05) is 50.8 Å². The molecule has 10 heteroatoms. The van der Waals surface area contributed by atoms with Crippen LogP contribution in [-0.4, -0.2) is 62.0 Å². The molecule has 0 aliphatic carbocycles. The van der Waals surface area contributed by atoms with Gasteiger partial charge in [-0.1, -0.05) is 12.1 Å². The van der Waals surface area contributed by atoms with E-state index in [0.717, 1.165) is 37.7 Å². The van der Waals surface area contributed by atoms with Crippen LogP contribution in [0.15, 0.2) is 54.8 Å². The van der Waals surface area contributed by atoms with Crippen LogP contribution in [-0.2, 0) is 4.84 Å². The summed E-state index contributed by atoms with van der Waals surface area (Å²) in [6.45, 7) is 2.66. The zero-order valence-electron chi connectivity index (χ0n) is 18.5. The summed E-state index contributed by atoms with van der Waals surface area (Å²) in [6.07, 6.45) is -0.0937. The van der Waals surface area contributed by atoms with Gasteiger partial charge in [-0.2, -0.15) is 13.2 Å². The van der Waals surface area contributed by atoms with E-state index in [1.165, 1.54) is 24.3 Å². The summed E-state index contributed by atoms with van der Waals surface area (Å²) in [5.41, 5.74) is 1.41. The number of rotatable bonds is 8. The van der Waals surface area contributed by atoms with Gasteiger partial charge in [0.15, 0.2) is 6.61 Å². The molecular weight excluding hydrogens is 457 g/mol. The molecule has 1 saturated heterocycles. The van der Waals surface area contributed by atoms with Crippen molar-refractivity contribution in [1.29, 1.82) is 0 Å². The van der Waals surface area contributed by atoms with Gasteiger partial charge in [-0.25, -0.2) is 8.78 Å². The molecule has 0 spiro atoms. The lowest BCUT2D eigenvalue weighted by molar-refractivity contribution is -0.153. The first-order chi connectivity index (χ1) is 16.3. The highest BCUT2D eigenvalue weighted by molar-refractivity contribution is 5.59. The molecule has 1 fully saturated rings. The number of hydrogen-bond donors (Lipinski definition) is 0. The van der Waals surface area contributed by atoms with Crippen LogP contribution >= 0.6 is 0 Å². The van der Waals surface area contributed by atoms with Crippen molar-refractivity contribution in [1.82, 2.24) is 9.96 Å². The molecule has 2 heterocycles. The lowest BCUT2D eigenvalue weighted by atomic mass is 10.1. The monoisotopic (exact) mass is 483 g/mol. The first-order valence-electron chi connectivity index (χ1n) is 11.1. The molecule has 1 atom stereocenters. The zero-order valence-corrected chi connectivity index (χ0v) is 18.5. The zero-order chi connectivity index (χ0) is 24.1. The van der Waals surface area contributed by atoms with Crippen molar-refractivity contribution in [3.63, 3.8) is 0 Å². The molecule has 5 nitrogen and oxygen atoms in total. The lowest BCUT2D eigenvalue weighted by Crippen LogP contribution is -2.47. The molecule has 34 heavy (non-hydrogen) atoms. The van der Waals surface area contributed by atoms with E-state index in [9.17, 15) is 22.0 Å². The van der Waals surface area contributed by atoms with Crippen molar-refractivity contribution in [3.05, 3.63) is 72.0 Å². The number of alkyl halides is 3. The summed E-state index contributed by atoms with van der Waals surface area (Å²) in [7, 11) is 0. The van der Waals surface area contributed by atoms with E-state index in [1.54, 1.807) is 18.4 Å². The number of nitrogens with zero attached hydrogens (tertiary/aromatic N) is 3. The Balaban J connectivity index is 1.25. The van der Waals surface area contributed by atoms with E-state index in [-0.39, 0.29) is 17.6 Å². The van der Waals surface area contributed by atoms with Crippen LogP contribution in [0.25, 0.3) is 0 Å². The number of hydrogen-bond acceptors (Lipinski definition) is 5. The normalized spacial score (nSPS) is 19.4. The first kappa shape index (κ1) is 24.3. The van der Waals surface area contributed by atoms with Gasteiger partial charge in [-0.05, 0) is 48.9 Å². The smallest absolute Gasteiger partial charge is 0.422 e. The molecule has 184 valence electrons. The summed E-state index contributed by atoms with van der Waals surface area (Å²) in [5, 5.41) is 1.85. The minimum atomic E-state index is -4.49. The number of ether oxygens (including phenoxy) is 1. The van der Waals surface area contributed by atoms with Crippen LogP contribution in [0.2, 0.25) is 0 Å².